The van der Waals surface area contributed by atoms with Crippen LogP contribution in [0.25, 0.3) is 27.7 Å². The van der Waals surface area contributed by atoms with Crippen molar-refractivity contribution in [3.8, 4) is 11.1 Å². The number of ketones is 1. The van der Waals surface area contributed by atoms with Gasteiger partial charge in [-0.1, -0.05) is 6.07 Å². The van der Waals surface area contributed by atoms with E-state index in [0.717, 1.165) is 6.07 Å². The number of aromatic nitrogens is 3. The van der Waals surface area contributed by atoms with Crippen LogP contribution in [-0.4, -0.2) is 62.5 Å². The molecule has 1 fully saturated rings. The van der Waals surface area contributed by atoms with Crippen molar-refractivity contribution in [2.24, 2.45) is 7.05 Å². The molecule has 240 valence electrons. The zero-order chi connectivity index (χ0) is 33.1. The van der Waals surface area contributed by atoms with Gasteiger partial charge in [0.25, 0.3) is 0 Å². The standard InChI is InChI=1S/C34H35F3N6O3/c1-33(2,3)46-32(45)41(5)21-12-14-42(18-21)29-15-20(8-9-25(29)38)31(44)28-11-10-27-22(7-6-13-43(27)28)23-16-26-30(40(4)19-39-26)17-24(23)34(35,36)37/h6-11,13,15-17,19,21H,12,14,18,38H2,1-5H3. The van der Waals surface area contributed by atoms with Gasteiger partial charge in [-0.25, -0.2) is 9.78 Å². The van der Waals surface area contributed by atoms with Gasteiger partial charge in [0.05, 0.1) is 51.6 Å². The zero-order valence-electron chi connectivity index (χ0n) is 26.2. The van der Waals surface area contributed by atoms with E-state index in [1.165, 1.54) is 12.4 Å². The first-order valence-corrected chi connectivity index (χ1v) is 14.9. The number of halogens is 3. The summed E-state index contributed by atoms with van der Waals surface area (Å²) in [5.41, 5.74) is 8.37. The third-order valence-corrected chi connectivity index (χ3v) is 8.41. The third-order valence-electron chi connectivity index (χ3n) is 8.41. The summed E-state index contributed by atoms with van der Waals surface area (Å²) in [6, 6.07) is 14.0. The first kappa shape index (κ1) is 31.0. The van der Waals surface area contributed by atoms with Crippen molar-refractivity contribution in [1.82, 2.24) is 18.9 Å². The molecule has 1 unspecified atom stereocenters. The Kier molecular flexibility index (Phi) is 7.49. The monoisotopic (exact) mass is 632 g/mol. The summed E-state index contributed by atoms with van der Waals surface area (Å²) in [4.78, 5) is 34.4. The molecule has 0 bridgehead atoms. The Morgan fingerprint density at radius 1 is 1.02 bits per heavy atom. The Bertz CT molecular complexity index is 1990. The van der Waals surface area contributed by atoms with Crippen molar-refractivity contribution in [3.05, 3.63) is 83.9 Å². The highest BCUT2D eigenvalue weighted by molar-refractivity contribution is 6.10. The van der Waals surface area contributed by atoms with Gasteiger partial charge in [0.1, 0.15) is 5.60 Å². The van der Waals surface area contributed by atoms with Crippen LogP contribution in [0.1, 0.15) is 48.8 Å². The number of carbonyl (C=O) groups excluding carboxylic acids is 2. The van der Waals surface area contributed by atoms with Crippen molar-refractivity contribution in [2.75, 3.05) is 30.8 Å². The van der Waals surface area contributed by atoms with E-state index >= 15 is 0 Å². The Labute approximate surface area is 264 Å². The van der Waals surface area contributed by atoms with Crippen LogP contribution in [-0.2, 0) is 18.0 Å². The molecule has 4 heterocycles. The average Bonchev–Trinajstić information content (AvgIpc) is 3.73. The highest BCUT2D eigenvalue weighted by Gasteiger charge is 2.35. The molecule has 9 nitrogen and oxygen atoms in total. The van der Waals surface area contributed by atoms with E-state index in [0.29, 0.717) is 64.3 Å². The van der Waals surface area contributed by atoms with Gasteiger partial charge >= 0.3 is 12.3 Å². The van der Waals surface area contributed by atoms with Gasteiger partial charge in [0.2, 0.25) is 5.78 Å². The largest absolute Gasteiger partial charge is 0.444 e. The number of likely N-dealkylation sites (N-methyl/N-ethyl adjacent to an activating group) is 1. The van der Waals surface area contributed by atoms with Gasteiger partial charge in [-0.3, -0.25) is 4.79 Å². The molecule has 5 aromatic rings. The summed E-state index contributed by atoms with van der Waals surface area (Å²) in [7, 11) is 3.36. The number of rotatable bonds is 5. The molecular weight excluding hydrogens is 597 g/mol. The highest BCUT2D eigenvalue weighted by Crippen LogP contribution is 2.41. The molecule has 1 aliphatic heterocycles. The number of fused-ring (bicyclic) bond motifs is 2. The van der Waals surface area contributed by atoms with Crippen LogP contribution in [0.3, 0.4) is 0 Å². The summed E-state index contributed by atoms with van der Waals surface area (Å²) in [6.07, 6.45) is -1.18. The molecule has 0 saturated carbocycles. The van der Waals surface area contributed by atoms with Gasteiger partial charge < -0.3 is 29.2 Å². The topological polar surface area (TPSA) is 98.1 Å². The number of hydrogen-bond acceptors (Lipinski definition) is 6. The van der Waals surface area contributed by atoms with Crippen LogP contribution < -0.4 is 10.6 Å². The maximum absolute atomic E-state index is 14.3. The van der Waals surface area contributed by atoms with Crippen molar-refractivity contribution in [1.29, 1.82) is 0 Å². The number of alkyl halides is 3. The number of hydrogen-bond donors (Lipinski definition) is 1. The van der Waals surface area contributed by atoms with Crippen molar-refractivity contribution in [2.45, 2.75) is 45.0 Å². The fraction of sp³-hybridized carbons (Fsp3) is 0.324. The van der Waals surface area contributed by atoms with Gasteiger partial charge in [0, 0.05) is 44.5 Å². The predicted octanol–water partition coefficient (Wildman–Crippen LogP) is 6.77. The fourth-order valence-corrected chi connectivity index (χ4v) is 6.05. The van der Waals surface area contributed by atoms with E-state index < -0.39 is 23.4 Å². The zero-order valence-corrected chi connectivity index (χ0v) is 26.2. The number of imidazole rings is 1. The third kappa shape index (κ3) is 5.63. The number of pyridine rings is 1. The molecule has 12 heteroatoms. The quantitative estimate of drug-likeness (QED) is 0.170. The van der Waals surface area contributed by atoms with E-state index in [1.807, 2.05) is 25.7 Å². The maximum Gasteiger partial charge on any atom is 0.417 e. The summed E-state index contributed by atoms with van der Waals surface area (Å²) >= 11 is 0. The number of aryl methyl sites for hydroxylation is 1. The molecule has 1 atom stereocenters. The van der Waals surface area contributed by atoms with Crippen LogP contribution >= 0.6 is 0 Å². The molecule has 46 heavy (non-hydrogen) atoms. The molecule has 2 aromatic carbocycles. The van der Waals surface area contributed by atoms with E-state index in [4.69, 9.17) is 10.5 Å². The maximum atomic E-state index is 14.3. The molecule has 0 radical (unpaired) electrons. The lowest BCUT2D eigenvalue weighted by molar-refractivity contribution is -0.137. The number of benzene rings is 2. The van der Waals surface area contributed by atoms with E-state index in [2.05, 4.69) is 4.98 Å². The van der Waals surface area contributed by atoms with E-state index in [1.54, 1.807) is 76.6 Å². The van der Waals surface area contributed by atoms with Crippen molar-refractivity contribution < 1.29 is 27.5 Å². The Balaban J connectivity index is 1.32. The van der Waals surface area contributed by atoms with Crippen LogP contribution in [0.2, 0.25) is 0 Å². The SMILES string of the molecule is CN(C(=O)OC(C)(C)C)C1CCN(c2cc(C(=O)c3ccc4c(-c5cc6ncn(C)c6cc5C(F)(F)F)cccn34)ccc2N)C1. The fourth-order valence-electron chi connectivity index (χ4n) is 6.05. The molecule has 1 saturated heterocycles. The Morgan fingerprint density at radius 3 is 2.50 bits per heavy atom. The number of anilines is 2. The number of ether oxygens (including phenoxy) is 1. The lowest BCUT2D eigenvalue weighted by atomic mass is 9.98. The second-order valence-electron chi connectivity index (χ2n) is 12.7. The summed E-state index contributed by atoms with van der Waals surface area (Å²) in [5, 5.41) is 0. The number of amides is 1. The van der Waals surface area contributed by atoms with Crippen LogP contribution in [0.15, 0.2) is 67.1 Å². The van der Waals surface area contributed by atoms with Crippen LogP contribution in [0.4, 0.5) is 29.3 Å². The first-order chi connectivity index (χ1) is 21.6. The summed E-state index contributed by atoms with van der Waals surface area (Å²) in [5.74, 6) is -0.309. The summed E-state index contributed by atoms with van der Waals surface area (Å²) in [6.45, 7) is 6.59. The lowest BCUT2D eigenvalue weighted by Crippen LogP contribution is -2.42. The number of nitrogen functional groups attached to an aromatic ring is 1. The summed E-state index contributed by atoms with van der Waals surface area (Å²) < 4.78 is 51.6. The second-order valence-corrected chi connectivity index (χ2v) is 12.7. The highest BCUT2D eigenvalue weighted by atomic mass is 19.4. The number of nitrogens with zero attached hydrogens (tertiary/aromatic N) is 5. The van der Waals surface area contributed by atoms with Gasteiger partial charge in [-0.05, 0) is 81.3 Å². The molecule has 3 aromatic heterocycles. The van der Waals surface area contributed by atoms with Crippen LogP contribution in [0.5, 0.6) is 0 Å². The molecule has 0 spiro atoms. The van der Waals surface area contributed by atoms with Gasteiger partial charge in [-0.15, -0.1) is 0 Å². The minimum Gasteiger partial charge on any atom is -0.444 e. The van der Waals surface area contributed by atoms with Gasteiger partial charge in [0.15, 0.2) is 0 Å². The average molecular weight is 633 g/mol. The number of carbonyl (C=O) groups is 2. The van der Waals surface area contributed by atoms with E-state index in [-0.39, 0.29) is 17.4 Å². The number of nitrogens with two attached hydrogens (primary N) is 1. The second kappa shape index (κ2) is 11.1. The first-order valence-electron chi connectivity index (χ1n) is 14.9. The Morgan fingerprint density at radius 2 is 1.78 bits per heavy atom. The molecule has 0 aliphatic carbocycles. The minimum atomic E-state index is -4.61. The van der Waals surface area contributed by atoms with Crippen LogP contribution in [0, 0.1) is 0 Å². The molecule has 1 aliphatic rings. The lowest BCUT2D eigenvalue weighted by Gasteiger charge is -2.29. The Hall–Kier alpha value is -5.00. The predicted molar refractivity (Wildman–Crippen MR) is 171 cm³/mol. The minimum absolute atomic E-state index is 0.0175. The molecule has 2 N–H and O–H groups in total. The van der Waals surface area contributed by atoms with Crippen molar-refractivity contribution >= 4 is 39.8 Å². The van der Waals surface area contributed by atoms with Crippen molar-refractivity contribution in [3.63, 3.8) is 0 Å². The van der Waals surface area contributed by atoms with Gasteiger partial charge in [-0.2, -0.15) is 13.2 Å². The normalized spacial score (nSPS) is 15.6. The van der Waals surface area contributed by atoms with E-state index in [9.17, 15) is 22.8 Å². The molecular formula is C34H35F3N6O3. The molecule has 6 rings (SSSR count). The molecule has 1 amide bonds. The smallest absolute Gasteiger partial charge is 0.417 e.